The number of amides is 1. The van der Waals surface area contributed by atoms with Crippen molar-refractivity contribution in [2.45, 2.75) is 38.8 Å². The van der Waals surface area contributed by atoms with Gasteiger partial charge in [-0.3, -0.25) is 4.79 Å². The van der Waals surface area contributed by atoms with Gasteiger partial charge in [0, 0.05) is 24.3 Å². The van der Waals surface area contributed by atoms with Crippen LogP contribution in [0.15, 0.2) is 78.9 Å². The van der Waals surface area contributed by atoms with Gasteiger partial charge in [-0.25, -0.2) is 0 Å². The summed E-state index contributed by atoms with van der Waals surface area (Å²) in [5, 5.41) is 3.68. The van der Waals surface area contributed by atoms with E-state index in [1.54, 1.807) is 6.92 Å². The summed E-state index contributed by atoms with van der Waals surface area (Å²) in [5.74, 6) is 0.101. The first-order chi connectivity index (χ1) is 13.6. The van der Waals surface area contributed by atoms with Crippen molar-refractivity contribution in [3.05, 3.63) is 95.6 Å². The lowest BCUT2D eigenvalue weighted by molar-refractivity contribution is -0.117. The quantitative estimate of drug-likeness (QED) is 0.650. The van der Waals surface area contributed by atoms with E-state index in [0.29, 0.717) is 0 Å². The molecule has 0 saturated heterocycles. The Bertz CT molecular complexity index is 950. The molecule has 1 aliphatic heterocycles. The first-order valence-corrected chi connectivity index (χ1v) is 9.90. The Morgan fingerprint density at radius 3 is 2.29 bits per heavy atom. The van der Waals surface area contributed by atoms with E-state index in [-0.39, 0.29) is 18.0 Å². The van der Waals surface area contributed by atoms with Crippen LogP contribution in [0.25, 0.3) is 0 Å². The molecule has 0 spiro atoms. The zero-order valence-electron chi connectivity index (χ0n) is 16.4. The van der Waals surface area contributed by atoms with Crippen LogP contribution < -0.4 is 10.2 Å². The zero-order chi connectivity index (χ0) is 19.5. The number of nitrogens with zero attached hydrogens (tertiary/aromatic N) is 1. The average Bonchev–Trinajstić information content (AvgIpc) is 2.70. The largest absolute Gasteiger partial charge is 0.378 e. The van der Waals surface area contributed by atoms with Crippen LogP contribution in [0.3, 0.4) is 0 Å². The van der Waals surface area contributed by atoms with Crippen LogP contribution in [0.5, 0.6) is 0 Å². The third kappa shape index (κ3) is 3.79. The van der Waals surface area contributed by atoms with Gasteiger partial charge in [0.15, 0.2) is 0 Å². The maximum absolute atomic E-state index is 12.1. The summed E-state index contributed by atoms with van der Waals surface area (Å²) in [6.45, 7) is 3.77. The van der Waals surface area contributed by atoms with Crippen molar-refractivity contribution in [3.63, 3.8) is 0 Å². The molecule has 0 radical (unpaired) electrons. The lowest BCUT2D eigenvalue weighted by Crippen LogP contribution is -2.43. The summed E-state index contributed by atoms with van der Waals surface area (Å²) < 4.78 is 0. The van der Waals surface area contributed by atoms with Gasteiger partial charge in [-0.2, -0.15) is 0 Å². The van der Waals surface area contributed by atoms with Crippen molar-refractivity contribution < 1.29 is 4.79 Å². The number of hydrogen-bond acceptors (Lipinski definition) is 2. The fourth-order valence-corrected chi connectivity index (χ4v) is 4.18. The van der Waals surface area contributed by atoms with Gasteiger partial charge in [0.25, 0.3) is 0 Å². The summed E-state index contributed by atoms with van der Waals surface area (Å²) in [7, 11) is 0. The molecule has 0 unspecified atom stereocenters. The van der Waals surface area contributed by atoms with Crippen molar-refractivity contribution >= 4 is 17.3 Å². The Hall–Kier alpha value is -3.07. The second kappa shape index (κ2) is 7.89. The number of hydrogen-bond donors (Lipinski definition) is 1. The number of anilines is 2. The number of fused-ring (bicyclic) bond motifs is 1. The second-order valence-corrected chi connectivity index (χ2v) is 7.59. The van der Waals surface area contributed by atoms with Crippen LogP contribution in [0, 0.1) is 0 Å². The first-order valence-electron chi connectivity index (χ1n) is 9.90. The highest BCUT2D eigenvalue weighted by molar-refractivity contribution is 5.93. The Kier molecular flexibility index (Phi) is 5.16. The van der Waals surface area contributed by atoms with Crippen LogP contribution >= 0.6 is 0 Å². The van der Waals surface area contributed by atoms with Gasteiger partial charge >= 0.3 is 0 Å². The number of nitrogens with one attached hydrogen (secondary N) is 1. The Balaban J connectivity index is 1.52. The van der Waals surface area contributed by atoms with Gasteiger partial charge < -0.3 is 10.2 Å². The number of para-hydroxylation sites is 1. The smallest absolute Gasteiger partial charge is 0.224 e. The van der Waals surface area contributed by atoms with Gasteiger partial charge in [0.1, 0.15) is 0 Å². The maximum atomic E-state index is 12.1. The van der Waals surface area contributed by atoms with Crippen LogP contribution in [0.4, 0.5) is 11.4 Å². The summed E-state index contributed by atoms with van der Waals surface area (Å²) in [6.07, 6.45) is 1.83. The van der Waals surface area contributed by atoms with E-state index in [1.165, 1.54) is 16.7 Å². The highest BCUT2D eigenvalue weighted by Gasteiger charge is 2.31. The Labute approximate surface area is 167 Å². The van der Waals surface area contributed by atoms with E-state index in [2.05, 4.69) is 66.8 Å². The molecule has 4 rings (SSSR count). The molecular weight excluding hydrogens is 344 g/mol. The van der Waals surface area contributed by atoms with Gasteiger partial charge in [0.05, 0.1) is 6.04 Å². The molecule has 28 heavy (non-hydrogen) atoms. The van der Waals surface area contributed by atoms with E-state index in [1.807, 2.05) is 29.2 Å². The number of carbonyl (C=O) groups excluding carboxylic acids is 1. The molecule has 0 aromatic heterocycles. The topological polar surface area (TPSA) is 32.3 Å². The molecule has 0 bridgehead atoms. The fraction of sp³-hybridized carbons (Fsp3) is 0.240. The second-order valence-electron chi connectivity index (χ2n) is 7.59. The van der Waals surface area contributed by atoms with Gasteiger partial charge in [-0.05, 0) is 54.7 Å². The maximum Gasteiger partial charge on any atom is 0.224 e. The minimum absolute atomic E-state index is 0.101. The molecule has 3 aromatic rings. The lowest BCUT2D eigenvalue weighted by atomic mass is 9.91. The van der Waals surface area contributed by atoms with Gasteiger partial charge in [-0.15, -0.1) is 0 Å². The van der Waals surface area contributed by atoms with Crippen molar-refractivity contribution in [3.8, 4) is 0 Å². The van der Waals surface area contributed by atoms with Crippen molar-refractivity contribution in [1.82, 2.24) is 0 Å². The third-order valence-electron chi connectivity index (χ3n) is 5.47. The molecule has 0 fully saturated rings. The van der Waals surface area contributed by atoms with E-state index in [4.69, 9.17) is 0 Å². The molecule has 1 aliphatic rings. The molecule has 142 valence electrons. The van der Waals surface area contributed by atoms with Crippen LogP contribution in [0.2, 0.25) is 0 Å². The van der Waals surface area contributed by atoms with Crippen LogP contribution in [0.1, 0.15) is 43.0 Å². The predicted molar refractivity (Wildman–Crippen MR) is 116 cm³/mol. The fourth-order valence-electron chi connectivity index (χ4n) is 4.18. The molecule has 2 atom stereocenters. The van der Waals surface area contributed by atoms with E-state index < -0.39 is 0 Å². The standard InChI is InChI=1S/C25H26N2O/c1-18-16-24(23-10-6-7-11-25(23)27(18)19(2)28)26-22-14-12-21(13-15-22)17-20-8-4-3-5-9-20/h3-15,18,24,26H,16-17H2,1-2H3/t18-,24+/m0/s1. The lowest BCUT2D eigenvalue weighted by Gasteiger charge is -2.39. The number of carbonyl (C=O) groups is 1. The summed E-state index contributed by atoms with van der Waals surface area (Å²) >= 11 is 0. The van der Waals surface area contributed by atoms with Gasteiger partial charge in [0.2, 0.25) is 5.91 Å². The van der Waals surface area contributed by atoms with E-state index in [9.17, 15) is 4.79 Å². The first kappa shape index (κ1) is 18.3. The van der Waals surface area contributed by atoms with E-state index >= 15 is 0 Å². The van der Waals surface area contributed by atoms with Crippen molar-refractivity contribution in [1.29, 1.82) is 0 Å². The molecule has 1 heterocycles. The van der Waals surface area contributed by atoms with Crippen LogP contribution in [-0.2, 0) is 11.2 Å². The molecule has 0 saturated carbocycles. The SMILES string of the molecule is CC(=O)N1c2ccccc2[C@H](Nc2ccc(Cc3ccccc3)cc2)C[C@@H]1C. The van der Waals surface area contributed by atoms with Crippen LogP contribution in [-0.4, -0.2) is 11.9 Å². The molecule has 0 aliphatic carbocycles. The number of rotatable bonds is 4. The Morgan fingerprint density at radius 2 is 1.57 bits per heavy atom. The third-order valence-corrected chi connectivity index (χ3v) is 5.47. The summed E-state index contributed by atoms with van der Waals surface area (Å²) in [5.41, 5.74) is 5.94. The molecule has 3 aromatic carbocycles. The monoisotopic (exact) mass is 370 g/mol. The molecule has 1 amide bonds. The minimum atomic E-state index is 0.101. The molecule has 3 nitrogen and oxygen atoms in total. The number of benzene rings is 3. The normalized spacial score (nSPS) is 18.4. The molecule has 1 N–H and O–H groups in total. The highest BCUT2D eigenvalue weighted by Crippen LogP contribution is 2.38. The summed E-state index contributed by atoms with van der Waals surface area (Å²) in [4.78, 5) is 14.0. The molecule has 3 heteroatoms. The van der Waals surface area contributed by atoms with Gasteiger partial charge in [-0.1, -0.05) is 60.7 Å². The van der Waals surface area contributed by atoms with Crippen molar-refractivity contribution in [2.24, 2.45) is 0 Å². The Morgan fingerprint density at radius 1 is 0.929 bits per heavy atom. The predicted octanol–water partition coefficient (Wildman–Crippen LogP) is 5.58. The zero-order valence-corrected chi connectivity index (χ0v) is 16.4. The summed E-state index contributed by atoms with van der Waals surface area (Å²) in [6, 6.07) is 27.8. The van der Waals surface area contributed by atoms with Crippen molar-refractivity contribution in [2.75, 3.05) is 10.2 Å². The van der Waals surface area contributed by atoms with E-state index in [0.717, 1.165) is 24.2 Å². The highest BCUT2D eigenvalue weighted by atomic mass is 16.2. The minimum Gasteiger partial charge on any atom is -0.378 e. The molecular formula is C25H26N2O. The average molecular weight is 370 g/mol.